The molecule has 0 aliphatic heterocycles. The van der Waals surface area contributed by atoms with Crippen LogP contribution in [-0.4, -0.2) is 12.5 Å². The van der Waals surface area contributed by atoms with Crippen molar-refractivity contribution in [3.05, 3.63) is 35.4 Å². The van der Waals surface area contributed by atoms with E-state index >= 15 is 0 Å². The van der Waals surface area contributed by atoms with E-state index in [1.165, 1.54) is 24.0 Å². The van der Waals surface area contributed by atoms with Crippen molar-refractivity contribution < 1.29 is 0 Å². The van der Waals surface area contributed by atoms with Crippen molar-refractivity contribution in [2.45, 2.75) is 38.6 Å². The number of guanidine groups is 1. The van der Waals surface area contributed by atoms with Crippen LogP contribution >= 0.6 is 0 Å². The second-order valence-corrected chi connectivity index (χ2v) is 4.55. The monoisotopic (exact) mass is 231 g/mol. The van der Waals surface area contributed by atoms with Crippen LogP contribution < -0.4 is 11.1 Å². The lowest BCUT2D eigenvalue weighted by molar-refractivity contribution is 0.524. The summed E-state index contributed by atoms with van der Waals surface area (Å²) in [7, 11) is 0. The molecule has 0 amide bonds. The molecule has 1 aliphatic carbocycles. The number of rotatable bonds is 3. The molecule has 0 spiro atoms. The molecule has 1 atom stereocenters. The third kappa shape index (κ3) is 2.99. The number of aliphatic imine (C=N–C) groups is 1. The number of nitrogens with two attached hydrogens (primary N) is 1. The highest BCUT2D eigenvalue weighted by atomic mass is 15.1. The SMILES string of the molecule is CCCN=C(N)NC1CCCc2ccccc21. The lowest BCUT2D eigenvalue weighted by Crippen LogP contribution is -2.36. The molecule has 17 heavy (non-hydrogen) atoms. The Hall–Kier alpha value is -1.51. The molecule has 0 aromatic heterocycles. The molecule has 3 nitrogen and oxygen atoms in total. The van der Waals surface area contributed by atoms with E-state index in [0.29, 0.717) is 12.0 Å². The molecular weight excluding hydrogens is 210 g/mol. The molecule has 0 saturated carbocycles. The highest BCUT2D eigenvalue weighted by molar-refractivity contribution is 5.78. The van der Waals surface area contributed by atoms with Gasteiger partial charge in [0.15, 0.2) is 5.96 Å². The number of fused-ring (bicyclic) bond motifs is 1. The molecule has 0 heterocycles. The van der Waals surface area contributed by atoms with Gasteiger partial charge in [-0.3, -0.25) is 4.99 Å². The first-order chi connectivity index (χ1) is 8.31. The van der Waals surface area contributed by atoms with Gasteiger partial charge in [-0.15, -0.1) is 0 Å². The van der Waals surface area contributed by atoms with E-state index in [1.54, 1.807) is 0 Å². The molecule has 0 bridgehead atoms. The van der Waals surface area contributed by atoms with Crippen molar-refractivity contribution in [3.63, 3.8) is 0 Å². The van der Waals surface area contributed by atoms with Crippen molar-refractivity contribution in [2.75, 3.05) is 6.54 Å². The van der Waals surface area contributed by atoms with Gasteiger partial charge in [0.1, 0.15) is 0 Å². The Balaban J connectivity index is 2.08. The quantitative estimate of drug-likeness (QED) is 0.620. The zero-order valence-corrected chi connectivity index (χ0v) is 10.4. The summed E-state index contributed by atoms with van der Waals surface area (Å²) in [6.45, 7) is 2.90. The number of benzene rings is 1. The van der Waals surface area contributed by atoms with Crippen molar-refractivity contribution in [3.8, 4) is 0 Å². The third-order valence-electron chi connectivity index (χ3n) is 3.20. The van der Waals surface area contributed by atoms with Crippen LogP contribution in [0.3, 0.4) is 0 Å². The van der Waals surface area contributed by atoms with Gasteiger partial charge in [0.2, 0.25) is 0 Å². The summed E-state index contributed by atoms with van der Waals surface area (Å²) >= 11 is 0. The molecule has 3 heteroatoms. The van der Waals surface area contributed by atoms with Crippen LogP contribution in [0.15, 0.2) is 29.3 Å². The summed E-state index contributed by atoms with van der Waals surface area (Å²) in [5.74, 6) is 0.577. The van der Waals surface area contributed by atoms with Crippen molar-refractivity contribution in [1.82, 2.24) is 5.32 Å². The average Bonchev–Trinajstić information content (AvgIpc) is 2.37. The van der Waals surface area contributed by atoms with Crippen LogP contribution in [0.1, 0.15) is 43.4 Å². The predicted molar refractivity (Wildman–Crippen MR) is 72.0 cm³/mol. The van der Waals surface area contributed by atoms with Gasteiger partial charge >= 0.3 is 0 Å². The Morgan fingerprint density at radius 1 is 1.47 bits per heavy atom. The second kappa shape index (κ2) is 5.71. The minimum Gasteiger partial charge on any atom is -0.370 e. The molecular formula is C14H21N3. The smallest absolute Gasteiger partial charge is 0.189 e. The highest BCUT2D eigenvalue weighted by Gasteiger charge is 2.19. The number of nitrogens with one attached hydrogen (secondary N) is 1. The summed E-state index contributed by atoms with van der Waals surface area (Å²) in [5, 5.41) is 3.34. The largest absolute Gasteiger partial charge is 0.370 e. The standard InChI is InChI=1S/C14H21N3/c1-2-10-16-14(15)17-13-9-5-7-11-6-3-4-8-12(11)13/h3-4,6,8,13H,2,5,7,9-10H2,1H3,(H3,15,16,17). The van der Waals surface area contributed by atoms with Gasteiger partial charge in [-0.2, -0.15) is 0 Å². The van der Waals surface area contributed by atoms with Crippen molar-refractivity contribution in [1.29, 1.82) is 0 Å². The lowest BCUT2D eigenvalue weighted by Gasteiger charge is -2.26. The van der Waals surface area contributed by atoms with Crippen LogP contribution in [0.2, 0.25) is 0 Å². The van der Waals surface area contributed by atoms with Gasteiger partial charge in [-0.1, -0.05) is 31.2 Å². The summed E-state index contributed by atoms with van der Waals surface area (Å²) in [6.07, 6.45) is 4.57. The number of aryl methyl sites for hydroxylation is 1. The van der Waals surface area contributed by atoms with Crippen LogP contribution in [0, 0.1) is 0 Å². The summed E-state index contributed by atoms with van der Waals surface area (Å²) < 4.78 is 0. The first kappa shape index (κ1) is 12.0. The van der Waals surface area contributed by atoms with Gasteiger partial charge in [0.05, 0.1) is 6.04 Å². The molecule has 0 fully saturated rings. The number of hydrogen-bond donors (Lipinski definition) is 2. The fraction of sp³-hybridized carbons (Fsp3) is 0.500. The molecule has 1 aliphatic rings. The lowest BCUT2D eigenvalue weighted by atomic mass is 9.88. The molecule has 1 aromatic carbocycles. The van der Waals surface area contributed by atoms with E-state index < -0.39 is 0 Å². The Morgan fingerprint density at radius 2 is 2.29 bits per heavy atom. The molecule has 3 N–H and O–H groups in total. The molecule has 1 aromatic rings. The van der Waals surface area contributed by atoms with E-state index in [-0.39, 0.29) is 0 Å². The van der Waals surface area contributed by atoms with E-state index in [9.17, 15) is 0 Å². The summed E-state index contributed by atoms with van der Waals surface area (Å²) in [5.41, 5.74) is 8.71. The van der Waals surface area contributed by atoms with E-state index in [4.69, 9.17) is 5.73 Å². The van der Waals surface area contributed by atoms with Crippen molar-refractivity contribution in [2.24, 2.45) is 10.7 Å². The van der Waals surface area contributed by atoms with Crippen LogP contribution in [0.4, 0.5) is 0 Å². The van der Waals surface area contributed by atoms with Crippen molar-refractivity contribution >= 4 is 5.96 Å². The molecule has 2 rings (SSSR count). The molecule has 92 valence electrons. The van der Waals surface area contributed by atoms with Crippen LogP contribution in [0.25, 0.3) is 0 Å². The zero-order chi connectivity index (χ0) is 12.1. The Labute approximate surface area is 103 Å². The highest BCUT2D eigenvalue weighted by Crippen LogP contribution is 2.29. The fourth-order valence-corrected chi connectivity index (χ4v) is 2.36. The minimum absolute atomic E-state index is 0.334. The first-order valence-electron chi connectivity index (χ1n) is 6.45. The van der Waals surface area contributed by atoms with Crippen LogP contribution in [-0.2, 0) is 6.42 Å². The van der Waals surface area contributed by atoms with Gasteiger partial charge in [0, 0.05) is 6.54 Å². The fourth-order valence-electron chi connectivity index (χ4n) is 2.36. The minimum atomic E-state index is 0.334. The normalized spacial score (nSPS) is 19.8. The molecule has 0 radical (unpaired) electrons. The summed E-state index contributed by atoms with van der Waals surface area (Å²) in [4.78, 5) is 4.29. The maximum Gasteiger partial charge on any atom is 0.189 e. The Kier molecular flexibility index (Phi) is 4.02. The van der Waals surface area contributed by atoms with E-state index in [2.05, 4.69) is 41.5 Å². The number of hydrogen-bond acceptors (Lipinski definition) is 1. The number of nitrogens with zero attached hydrogens (tertiary/aromatic N) is 1. The van der Waals surface area contributed by atoms with Gasteiger partial charge in [-0.05, 0) is 36.8 Å². The van der Waals surface area contributed by atoms with Gasteiger partial charge < -0.3 is 11.1 Å². The average molecular weight is 231 g/mol. The predicted octanol–water partition coefficient (Wildman–Crippen LogP) is 2.38. The zero-order valence-electron chi connectivity index (χ0n) is 10.4. The molecule has 0 saturated heterocycles. The Bertz CT molecular complexity index is 398. The van der Waals surface area contributed by atoms with E-state index in [1.807, 2.05) is 0 Å². The second-order valence-electron chi connectivity index (χ2n) is 4.55. The topological polar surface area (TPSA) is 50.4 Å². The maximum atomic E-state index is 5.89. The Morgan fingerprint density at radius 3 is 3.12 bits per heavy atom. The third-order valence-corrected chi connectivity index (χ3v) is 3.20. The summed E-state index contributed by atoms with van der Waals surface area (Å²) in [6, 6.07) is 8.94. The first-order valence-corrected chi connectivity index (χ1v) is 6.45. The molecule has 1 unspecified atom stereocenters. The maximum absolute atomic E-state index is 5.89. The van der Waals surface area contributed by atoms with Gasteiger partial charge in [0.25, 0.3) is 0 Å². The van der Waals surface area contributed by atoms with Crippen LogP contribution in [0.5, 0.6) is 0 Å². The van der Waals surface area contributed by atoms with E-state index in [0.717, 1.165) is 19.4 Å². The van der Waals surface area contributed by atoms with Gasteiger partial charge in [-0.25, -0.2) is 0 Å².